The zero-order valence-electron chi connectivity index (χ0n) is 15.5. The minimum atomic E-state index is 0. The number of morpholine rings is 2. The maximum atomic E-state index is 6.08. The number of halogens is 1. The van der Waals surface area contributed by atoms with Gasteiger partial charge in [-0.15, -0.1) is 24.0 Å². The Balaban J connectivity index is 0.00000261. The summed E-state index contributed by atoms with van der Waals surface area (Å²) in [6.45, 7) is 7.11. The van der Waals surface area contributed by atoms with Crippen LogP contribution in [0.4, 0.5) is 0 Å². The van der Waals surface area contributed by atoms with E-state index >= 15 is 0 Å². The molecular formula is C18H29IN6O2. The van der Waals surface area contributed by atoms with Crippen LogP contribution in [0.3, 0.4) is 0 Å². The highest BCUT2D eigenvalue weighted by atomic mass is 127. The van der Waals surface area contributed by atoms with Gasteiger partial charge in [0.15, 0.2) is 11.9 Å². The van der Waals surface area contributed by atoms with Crippen molar-refractivity contribution in [1.29, 1.82) is 0 Å². The van der Waals surface area contributed by atoms with Crippen molar-refractivity contribution in [2.24, 2.45) is 21.5 Å². The third kappa shape index (κ3) is 6.82. The molecule has 150 valence electrons. The van der Waals surface area contributed by atoms with E-state index in [4.69, 9.17) is 20.9 Å². The third-order valence-corrected chi connectivity index (χ3v) is 4.51. The number of nitrogens with zero attached hydrogens (tertiary/aromatic N) is 4. The molecule has 1 aromatic carbocycles. The lowest BCUT2D eigenvalue weighted by molar-refractivity contribution is 0.0674. The Kier molecular flexibility index (Phi) is 9.08. The Labute approximate surface area is 177 Å². The summed E-state index contributed by atoms with van der Waals surface area (Å²) in [5.41, 5.74) is 14.4. The van der Waals surface area contributed by atoms with Gasteiger partial charge in [-0.3, -0.25) is 0 Å². The fourth-order valence-corrected chi connectivity index (χ4v) is 2.96. The van der Waals surface area contributed by atoms with Crippen molar-refractivity contribution in [3.05, 3.63) is 35.4 Å². The zero-order chi connectivity index (χ0) is 18.2. The molecule has 3 rings (SSSR count). The maximum absolute atomic E-state index is 6.08. The average molecular weight is 488 g/mol. The summed E-state index contributed by atoms with van der Waals surface area (Å²) in [5, 5.41) is 0. The van der Waals surface area contributed by atoms with Crippen LogP contribution in [0.1, 0.15) is 11.1 Å². The van der Waals surface area contributed by atoms with Gasteiger partial charge in [0.25, 0.3) is 0 Å². The Morgan fingerprint density at radius 3 is 1.63 bits per heavy atom. The summed E-state index contributed by atoms with van der Waals surface area (Å²) in [4.78, 5) is 13.1. The van der Waals surface area contributed by atoms with E-state index in [-0.39, 0.29) is 24.0 Å². The SMILES string of the molecule is I.NC(=NCc1cccc(CN=C(N)N2CCOCC2)c1)N1CCOCC1. The van der Waals surface area contributed by atoms with Crippen LogP contribution >= 0.6 is 24.0 Å². The predicted molar refractivity (Wildman–Crippen MR) is 117 cm³/mol. The lowest BCUT2D eigenvalue weighted by Gasteiger charge is -2.27. The van der Waals surface area contributed by atoms with Crippen molar-refractivity contribution in [2.45, 2.75) is 13.1 Å². The van der Waals surface area contributed by atoms with Crippen molar-refractivity contribution < 1.29 is 9.47 Å². The Hall–Kier alpha value is -1.59. The van der Waals surface area contributed by atoms with Gasteiger partial charge in [0, 0.05) is 26.2 Å². The number of nitrogens with two attached hydrogens (primary N) is 2. The topological polar surface area (TPSA) is 102 Å². The second kappa shape index (κ2) is 11.3. The van der Waals surface area contributed by atoms with Gasteiger partial charge in [0.2, 0.25) is 0 Å². The monoisotopic (exact) mass is 488 g/mol. The first-order valence-corrected chi connectivity index (χ1v) is 9.05. The first-order valence-electron chi connectivity index (χ1n) is 9.05. The molecule has 0 saturated carbocycles. The molecule has 27 heavy (non-hydrogen) atoms. The van der Waals surface area contributed by atoms with Crippen LogP contribution in [0.15, 0.2) is 34.3 Å². The molecule has 2 heterocycles. The average Bonchev–Trinajstić information content (AvgIpc) is 2.72. The van der Waals surface area contributed by atoms with Gasteiger partial charge in [-0.25, -0.2) is 9.98 Å². The molecule has 0 radical (unpaired) electrons. The largest absolute Gasteiger partial charge is 0.378 e. The Morgan fingerprint density at radius 2 is 1.22 bits per heavy atom. The van der Waals surface area contributed by atoms with Gasteiger partial charge in [-0.2, -0.15) is 0 Å². The molecule has 0 aromatic heterocycles. The van der Waals surface area contributed by atoms with Gasteiger partial charge in [-0.05, 0) is 11.1 Å². The standard InChI is InChI=1S/C18H28N6O2.HI/c19-17(23-4-8-25-9-5-23)21-13-15-2-1-3-16(12-15)14-22-18(20)24-6-10-26-11-7-24;/h1-3,12H,4-11,13-14H2,(H2,19,21)(H2,20,22);1H. The van der Waals surface area contributed by atoms with Crippen LogP contribution in [-0.4, -0.2) is 74.3 Å². The lowest BCUT2D eigenvalue weighted by Crippen LogP contribution is -2.44. The van der Waals surface area contributed by atoms with E-state index in [9.17, 15) is 0 Å². The normalized spacial score (nSPS) is 19.0. The quantitative estimate of drug-likeness (QED) is 0.366. The van der Waals surface area contributed by atoms with Crippen molar-refractivity contribution in [1.82, 2.24) is 9.80 Å². The minimum absolute atomic E-state index is 0. The molecular weight excluding hydrogens is 459 g/mol. The van der Waals surface area contributed by atoms with E-state index in [0.29, 0.717) is 51.4 Å². The second-order valence-electron chi connectivity index (χ2n) is 6.37. The lowest BCUT2D eigenvalue weighted by atomic mass is 10.1. The Morgan fingerprint density at radius 1 is 0.815 bits per heavy atom. The smallest absolute Gasteiger partial charge is 0.191 e. The molecule has 0 aliphatic carbocycles. The van der Waals surface area contributed by atoms with E-state index in [0.717, 1.165) is 37.3 Å². The summed E-state index contributed by atoms with van der Waals surface area (Å²) in [5.74, 6) is 1.15. The van der Waals surface area contributed by atoms with Crippen molar-refractivity contribution in [3.8, 4) is 0 Å². The number of ether oxygens (including phenoxy) is 2. The van der Waals surface area contributed by atoms with Gasteiger partial charge in [-0.1, -0.05) is 24.3 Å². The molecule has 8 nitrogen and oxygen atoms in total. The van der Waals surface area contributed by atoms with Crippen molar-refractivity contribution >= 4 is 35.9 Å². The molecule has 2 aliphatic heterocycles. The van der Waals surface area contributed by atoms with E-state index < -0.39 is 0 Å². The summed E-state index contributed by atoms with van der Waals surface area (Å²) >= 11 is 0. The molecule has 0 amide bonds. The van der Waals surface area contributed by atoms with Crippen molar-refractivity contribution in [3.63, 3.8) is 0 Å². The van der Waals surface area contributed by atoms with Crippen LogP contribution in [-0.2, 0) is 22.6 Å². The number of guanidine groups is 2. The maximum Gasteiger partial charge on any atom is 0.191 e. The molecule has 1 aromatic rings. The summed E-state index contributed by atoms with van der Waals surface area (Å²) < 4.78 is 10.7. The summed E-state index contributed by atoms with van der Waals surface area (Å²) in [7, 11) is 0. The summed E-state index contributed by atoms with van der Waals surface area (Å²) in [6.07, 6.45) is 0. The summed E-state index contributed by atoms with van der Waals surface area (Å²) in [6, 6.07) is 8.22. The highest BCUT2D eigenvalue weighted by Crippen LogP contribution is 2.09. The number of benzene rings is 1. The fourth-order valence-electron chi connectivity index (χ4n) is 2.96. The second-order valence-corrected chi connectivity index (χ2v) is 6.37. The highest BCUT2D eigenvalue weighted by molar-refractivity contribution is 14.0. The van der Waals surface area contributed by atoms with Crippen molar-refractivity contribution in [2.75, 3.05) is 52.6 Å². The highest BCUT2D eigenvalue weighted by Gasteiger charge is 2.13. The molecule has 0 spiro atoms. The van der Waals surface area contributed by atoms with Crippen LogP contribution < -0.4 is 11.5 Å². The fraction of sp³-hybridized carbons (Fsp3) is 0.556. The molecule has 9 heteroatoms. The van der Waals surface area contributed by atoms with E-state index in [1.54, 1.807) is 0 Å². The van der Waals surface area contributed by atoms with Crippen LogP contribution in [0, 0.1) is 0 Å². The number of hydrogen-bond acceptors (Lipinski definition) is 4. The molecule has 2 aliphatic rings. The minimum Gasteiger partial charge on any atom is -0.378 e. The van der Waals surface area contributed by atoms with E-state index in [2.05, 4.69) is 38.0 Å². The molecule has 2 saturated heterocycles. The van der Waals surface area contributed by atoms with Gasteiger partial charge < -0.3 is 30.7 Å². The van der Waals surface area contributed by atoms with Gasteiger partial charge in [0.05, 0.1) is 39.5 Å². The predicted octanol–water partition coefficient (Wildman–Crippen LogP) is 0.598. The van der Waals surface area contributed by atoms with Gasteiger partial charge >= 0.3 is 0 Å². The molecule has 0 unspecified atom stereocenters. The molecule has 4 N–H and O–H groups in total. The van der Waals surface area contributed by atoms with E-state index in [1.165, 1.54) is 0 Å². The Bertz CT molecular complexity index is 591. The third-order valence-electron chi connectivity index (χ3n) is 4.51. The van der Waals surface area contributed by atoms with Crippen LogP contribution in [0.25, 0.3) is 0 Å². The number of aliphatic imine (C=N–C) groups is 2. The number of hydrogen-bond donors (Lipinski definition) is 2. The zero-order valence-corrected chi connectivity index (χ0v) is 17.9. The van der Waals surface area contributed by atoms with Crippen LogP contribution in [0.5, 0.6) is 0 Å². The molecule has 0 atom stereocenters. The van der Waals surface area contributed by atoms with Gasteiger partial charge in [0.1, 0.15) is 0 Å². The number of rotatable bonds is 4. The molecule has 2 fully saturated rings. The van der Waals surface area contributed by atoms with E-state index in [1.807, 2.05) is 6.07 Å². The molecule has 0 bridgehead atoms. The first kappa shape index (κ1) is 21.7. The van der Waals surface area contributed by atoms with Crippen LogP contribution in [0.2, 0.25) is 0 Å². The first-order chi connectivity index (χ1) is 12.7.